The zero-order valence-electron chi connectivity index (χ0n) is 20.4. The molecule has 0 saturated heterocycles. The van der Waals surface area contributed by atoms with Gasteiger partial charge in [0.2, 0.25) is 15.9 Å². The highest BCUT2D eigenvalue weighted by Gasteiger charge is 2.43. The molecule has 206 valence electrons. The van der Waals surface area contributed by atoms with Gasteiger partial charge in [-0.3, -0.25) is 14.5 Å². The summed E-state index contributed by atoms with van der Waals surface area (Å²) in [6, 6.07) is 7.14. The number of esters is 2. The Bertz CT molecular complexity index is 1530. The number of pyridine rings is 1. The van der Waals surface area contributed by atoms with Crippen LogP contribution in [0, 0.1) is 0 Å². The fourth-order valence-corrected chi connectivity index (χ4v) is 5.16. The fraction of sp³-hybridized carbons (Fsp3) is 0.292. The first-order chi connectivity index (χ1) is 18.4. The van der Waals surface area contributed by atoms with E-state index in [0.717, 1.165) is 10.2 Å². The second kappa shape index (κ2) is 10.9. The second-order valence-electron chi connectivity index (χ2n) is 8.56. The molecule has 2 N–H and O–H groups in total. The maximum Gasteiger partial charge on any atom is 0.491 e. The Hall–Kier alpha value is -4.11. The summed E-state index contributed by atoms with van der Waals surface area (Å²) in [4.78, 5) is 39.1. The van der Waals surface area contributed by atoms with Gasteiger partial charge in [0, 0.05) is 49.2 Å². The van der Waals surface area contributed by atoms with E-state index in [-0.39, 0.29) is 42.4 Å². The predicted molar refractivity (Wildman–Crippen MR) is 130 cm³/mol. The van der Waals surface area contributed by atoms with E-state index < -0.39 is 28.1 Å². The van der Waals surface area contributed by atoms with Crippen LogP contribution in [-0.4, -0.2) is 53.7 Å². The lowest BCUT2D eigenvalue weighted by Gasteiger charge is -2.15. The number of benzene rings is 1. The van der Waals surface area contributed by atoms with Crippen LogP contribution in [0.2, 0.25) is 0 Å². The largest absolute Gasteiger partial charge is 0.491 e. The van der Waals surface area contributed by atoms with E-state index in [1.807, 2.05) is 0 Å². The Morgan fingerprint density at radius 2 is 1.82 bits per heavy atom. The van der Waals surface area contributed by atoms with Crippen LogP contribution in [0.3, 0.4) is 0 Å². The quantitative estimate of drug-likeness (QED) is 0.241. The van der Waals surface area contributed by atoms with Crippen molar-refractivity contribution in [3.05, 3.63) is 59.5 Å². The molecule has 2 heterocycles. The monoisotopic (exact) mass is 565 g/mol. The minimum atomic E-state index is -5.36. The molecule has 0 radical (unpaired) electrons. The molecular formula is C24H22F3N5O6S. The summed E-state index contributed by atoms with van der Waals surface area (Å²) in [6.45, 7) is 1.15. The third kappa shape index (κ3) is 6.31. The van der Waals surface area contributed by atoms with E-state index in [4.69, 9.17) is 0 Å². The van der Waals surface area contributed by atoms with Crippen molar-refractivity contribution in [3.8, 4) is 11.3 Å². The van der Waals surface area contributed by atoms with Gasteiger partial charge in [-0.2, -0.15) is 18.3 Å². The molecule has 39 heavy (non-hydrogen) atoms. The standard InChI is InChI=1S/C24H22F3N5O6S/c1-14(33)30-16-4-6-17(7-5-16)39(36,37)29-10-2-12-32-21(22(34)38-23(35)24(25,26)27)19-8-3-15-13-28-11-9-18(15)20(19)31-32/h4-7,9,11,13,29H,2-3,8,10,12H2,1H3,(H,30,33). The van der Waals surface area contributed by atoms with Gasteiger partial charge in [0.1, 0.15) is 0 Å². The average Bonchev–Trinajstić information content (AvgIpc) is 3.25. The summed E-state index contributed by atoms with van der Waals surface area (Å²) in [5.41, 5.74) is 2.27. The summed E-state index contributed by atoms with van der Waals surface area (Å²) in [5, 5.41) is 6.92. The number of halogens is 3. The van der Waals surface area contributed by atoms with Gasteiger partial charge in [0.15, 0.2) is 5.69 Å². The molecule has 0 bridgehead atoms. The van der Waals surface area contributed by atoms with Crippen LogP contribution in [0.4, 0.5) is 18.9 Å². The summed E-state index contributed by atoms with van der Waals surface area (Å²) in [6.07, 6.45) is -1.44. The van der Waals surface area contributed by atoms with Crippen LogP contribution in [0.15, 0.2) is 47.6 Å². The maximum absolute atomic E-state index is 12.7. The molecule has 11 nitrogen and oxygen atoms in total. The predicted octanol–water partition coefficient (Wildman–Crippen LogP) is 2.62. The number of aromatic nitrogens is 3. The van der Waals surface area contributed by atoms with Crippen LogP contribution < -0.4 is 10.0 Å². The van der Waals surface area contributed by atoms with E-state index in [1.54, 1.807) is 12.3 Å². The van der Waals surface area contributed by atoms with Crippen molar-refractivity contribution >= 4 is 33.6 Å². The number of hydrogen-bond donors (Lipinski definition) is 2. The molecule has 0 fully saturated rings. The van der Waals surface area contributed by atoms with Gasteiger partial charge in [-0.15, -0.1) is 0 Å². The van der Waals surface area contributed by atoms with Crippen molar-refractivity contribution < 1.29 is 40.7 Å². The molecule has 1 aromatic carbocycles. The van der Waals surface area contributed by atoms with Crippen LogP contribution in [0.1, 0.15) is 35.0 Å². The highest BCUT2D eigenvalue weighted by atomic mass is 32.2. The Balaban J connectivity index is 1.51. The van der Waals surface area contributed by atoms with E-state index in [1.165, 1.54) is 37.4 Å². The van der Waals surface area contributed by atoms with Crippen LogP contribution in [-0.2, 0) is 43.7 Å². The smallest absolute Gasteiger partial charge is 0.381 e. The molecule has 0 saturated carbocycles. The minimum absolute atomic E-state index is 0.0497. The van der Waals surface area contributed by atoms with E-state index in [0.29, 0.717) is 28.9 Å². The van der Waals surface area contributed by atoms with Gasteiger partial charge < -0.3 is 10.1 Å². The fourth-order valence-electron chi connectivity index (χ4n) is 4.09. The molecule has 1 aliphatic rings. The van der Waals surface area contributed by atoms with Crippen molar-refractivity contribution in [2.45, 2.75) is 43.8 Å². The van der Waals surface area contributed by atoms with Gasteiger partial charge >= 0.3 is 18.1 Å². The summed E-state index contributed by atoms with van der Waals surface area (Å²) < 4.78 is 71.0. The lowest BCUT2D eigenvalue weighted by atomic mass is 9.90. The second-order valence-corrected chi connectivity index (χ2v) is 10.3. The normalized spacial score (nSPS) is 12.8. The van der Waals surface area contributed by atoms with Crippen molar-refractivity contribution in [3.63, 3.8) is 0 Å². The number of hydrogen-bond acceptors (Lipinski definition) is 8. The van der Waals surface area contributed by atoms with E-state index >= 15 is 0 Å². The van der Waals surface area contributed by atoms with Crippen molar-refractivity contribution in [1.82, 2.24) is 19.5 Å². The van der Waals surface area contributed by atoms with Crippen LogP contribution in [0.5, 0.6) is 0 Å². The number of carbonyl (C=O) groups excluding carboxylic acids is 3. The van der Waals surface area contributed by atoms with Crippen molar-refractivity contribution in [1.29, 1.82) is 0 Å². The number of sulfonamides is 1. The Morgan fingerprint density at radius 3 is 2.49 bits per heavy atom. The molecular weight excluding hydrogens is 543 g/mol. The number of fused-ring (bicyclic) bond motifs is 3. The van der Waals surface area contributed by atoms with E-state index in [9.17, 15) is 36.0 Å². The zero-order chi connectivity index (χ0) is 28.4. The first-order valence-corrected chi connectivity index (χ1v) is 13.1. The van der Waals surface area contributed by atoms with Crippen molar-refractivity contribution in [2.75, 3.05) is 11.9 Å². The Labute approximate surface area is 220 Å². The SMILES string of the molecule is CC(=O)Nc1ccc(S(=O)(=O)NCCCn2nc3c(c2C(=O)OC(=O)C(F)(F)F)CCc2cnccc2-3)cc1. The molecule has 1 amide bonds. The molecule has 15 heteroatoms. The number of nitrogens with one attached hydrogen (secondary N) is 2. The number of anilines is 1. The molecule has 0 atom stereocenters. The number of carbonyl (C=O) groups is 3. The lowest BCUT2D eigenvalue weighted by Crippen LogP contribution is -2.30. The Morgan fingerprint density at radius 1 is 1.10 bits per heavy atom. The first-order valence-electron chi connectivity index (χ1n) is 11.6. The summed E-state index contributed by atoms with van der Waals surface area (Å²) in [5.74, 6) is -4.45. The summed E-state index contributed by atoms with van der Waals surface area (Å²) in [7, 11) is -3.92. The number of alkyl halides is 3. The maximum atomic E-state index is 12.7. The first kappa shape index (κ1) is 27.9. The van der Waals surface area contributed by atoms with E-state index in [2.05, 4.69) is 24.9 Å². The third-order valence-electron chi connectivity index (χ3n) is 5.79. The molecule has 2 aromatic heterocycles. The molecule has 0 spiro atoms. The topological polar surface area (TPSA) is 149 Å². The van der Waals surface area contributed by atoms with Crippen molar-refractivity contribution in [2.24, 2.45) is 0 Å². The number of ether oxygens (including phenoxy) is 1. The highest BCUT2D eigenvalue weighted by molar-refractivity contribution is 7.89. The van der Waals surface area contributed by atoms with Gasteiger partial charge in [-0.05, 0) is 55.2 Å². The molecule has 1 aliphatic carbocycles. The zero-order valence-corrected chi connectivity index (χ0v) is 21.2. The molecule has 4 rings (SSSR count). The highest BCUT2D eigenvalue weighted by Crippen LogP contribution is 2.34. The number of aryl methyl sites for hydroxylation is 2. The van der Waals surface area contributed by atoms with Crippen LogP contribution in [0.25, 0.3) is 11.3 Å². The molecule has 3 aromatic rings. The number of nitrogens with zero attached hydrogens (tertiary/aromatic N) is 3. The number of rotatable bonds is 8. The van der Waals surface area contributed by atoms with Gasteiger partial charge in [0.25, 0.3) is 0 Å². The van der Waals surface area contributed by atoms with Gasteiger partial charge in [-0.25, -0.2) is 22.7 Å². The van der Waals surface area contributed by atoms with Crippen LogP contribution >= 0.6 is 0 Å². The third-order valence-corrected chi connectivity index (χ3v) is 7.26. The Kier molecular flexibility index (Phi) is 7.83. The molecule has 0 unspecified atom stereocenters. The molecule has 0 aliphatic heterocycles. The summed E-state index contributed by atoms with van der Waals surface area (Å²) >= 11 is 0. The number of amides is 1. The lowest BCUT2D eigenvalue weighted by molar-refractivity contribution is -0.193. The van der Waals surface area contributed by atoms with Gasteiger partial charge in [0.05, 0.1) is 10.6 Å². The van der Waals surface area contributed by atoms with Gasteiger partial charge in [-0.1, -0.05) is 0 Å². The minimum Gasteiger partial charge on any atom is -0.381 e. The average molecular weight is 566 g/mol.